The average Bonchev–Trinajstić information content (AvgIpc) is 2.62. The summed E-state index contributed by atoms with van der Waals surface area (Å²) in [4.78, 5) is 26.4. The molecule has 1 aromatic rings. The van der Waals surface area contributed by atoms with Gasteiger partial charge >= 0.3 is 18.6 Å². The van der Waals surface area contributed by atoms with E-state index in [0.717, 1.165) is 0 Å². The second kappa shape index (κ2) is 9.09. The summed E-state index contributed by atoms with van der Waals surface area (Å²) in [5.74, 6) is -0.999. The summed E-state index contributed by atoms with van der Waals surface area (Å²) < 4.78 is 39.9. The molecule has 0 spiro atoms. The Hall–Kier alpha value is -2.55. The van der Waals surface area contributed by atoms with Crippen molar-refractivity contribution in [1.82, 2.24) is 10.2 Å². The Morgan fingerprint density at radius 2 is 2.04 bits per heavy atom. The number of nitrogens with one attached hydrogen (secondary N) is 1. The van der Waals surface area contributed by atoms with Gasteiger partial charge in [0.15, 0.2) is 11.5 Å². The van der Waals surface area contributed by atoms with Gasteiger partial charge in [-0.25, -0.2) is 9.59 Å². The maximum Gasteiger partial charge on any atom is 0.387 e. The summed E-state index contributed by atoms with van der Waals surface area (Å²) in [5.41, 5.74) is 0.997. The summed E-state index contributed by atoms with van der Waals surface area (Å²) in [6.07, 6.45) is 0. The van der Waals surface area contributed by atoms with Crippen LogP contribution in [0.15, 0.2) is 23.4 Å². The van der Waals surface area contributed by atoms with Crippen molar-refractivity contribution in [1.29, 1.82) is 0 Å². The van der Waals surface area contributed by atoms with E-state index in [-0.39, 0.29) is 28.7 Å². The first-order chi connectivity index (χ1) is 13.2. The van der Waals surface area contributed by atoms with E-state index in [1.54, 1.807) is 20.8 Å². The van der Waals surface area contributed by atoms with Gasteiger partial charge in [-0.05, 0) is 38.5 Å². The van der Waals surface area contributed by atoms with Crippen molar-refractivity contribution in [2.24, 2.45) is 0 Å². The number of carbonyl (C=O) groups excluding carboxylic acids is 2. The van der Waals surface area contributed by atoms with Crippen LogP contribution < -0.4 is 14.8 Å². The zero-order chi connectivity index (χ0) is 21.0. The van der Waals surface area contributed by atoms with Gasteiger partial charge in [0, 0.05) is 12.2 Å². The molecule has 28 heavy (non-hydrogen) atoms. The predicted octanol–water partition coefficient (Wildman–Crippen LogP) is 3.87. The number of esters is 1. The van der Waals surface area contributed by atoms with Crippen molar-refractivity contribution in [3.8, 4) is 11.5 Å². The molecule has 0 aromatic heterocycles. The third-order valence-electron chi connectivity index (χ3n) is 4.20. The fourth-order valence-electron chi connectivity index (χ4n) is 3.00. The lowest BCUT2D eigenvalue weighted by molar-refractivity contribution is -0.139. The van der Waals surface area contributed by atoms with Gasteiger partial charge in [0.2, 0.25) is 0 Å². The number of benzene rings is 1. The van der Waals surface area contributed by atoms with Crippen molar-refractivity contribution in [3.05, 3.63) is 34.0 Å². The van der Waals surface area contributed by atoms with Crippen LogP contribution in [0.4, 0.5) is 13.6 Å². The average molecular weight is 419 g/mol. The molecule has 1 atom stereocenters. The Kier molecular flexibility index (Phi) is 7.06. The second-order valence-electron chi connectivity index (χ2n) is 5.76. The Balaban J connectivity index is 2.60. The molecule has 0 saturated carbocycles. The number of alkyl halides is 2. The molecule has 0 radical (unpaired) electrons. The van der Waals surface area contributed by atoms with Crippen LogP contribution >= 0.6 is 11.6 Å². The second-order valence-corrected chi connectivity index (χ2v) is 6.17. The molecule has 1 N–H and O–H groups in total. The molecule has 1 aliphatic rings. The Morgan fingerprint density at radius 1 is 1.36 bits per heavy atom. The number of nitrogens with zero attached hydrogens (tertiary/aromatic N) is 1. The number of ether oxygens (including phenoxy) is 3. The highest BCUT2D eigenvalue weighted by molar-refractivity contribution is 6.32. The Bertz CT molecular complexity index is 800. The molecular formula is C18H21ClF2N2O5. The topological polar surface area (TPSA) is 77.1 Å². The van der Waals surface area contributed by atoms with Gasteiger partial charge in [0.25, 0.3) is 0 Å². The number of urea groups is 1. The monoisotopic (exact) mass is 418 g/mol. The van der Waals surface area contributed by atoms with Crippen molar-refractivity contribution in [2.75, 3.05) is 20.3 Å². The van der Waals surface area contributed by atoms with E-state index < -0.39 is 24.7 Å². The van der Waals surface area contributed by atoms with Crippen molar-refractivity contribution < 1.29 is 32.6 Å². The molecule has 0 fully saturated rings. The molecule has 0 unspecified atom stereocenters. The van der Waals surface area contributed by atoms with Gasteiger partial charge in [-0.1, -0.05) is 11.6 Å². The normalized spacial score (nSPS) is 16.9. The maximum atomic E-state index is 12.6. The van der Waals surface area contributed by atoms with Crippen LogP contribution in [0.25, 0.3) is 0 Å². The van der Waals surface area contributed by atoms with Crippen molar-refractivity contribution in [2.45, 2.75) is 33.4 Å². The van der Waals surface area contributed by atoms with Crippen LogP contribution in [0.1, 0.15) is 32.4 Å². The number of hydrogen-bond donors (Lipinski definition) is 1. The minimum absolute atomic E-state index is 0.0594. The molecule has 154 valence electrons. The molecule has 0 aliphatic carbocycles. The lowest BCUT2D eigenvalue weighted by atomic mass is 9.94. The first kappa shape index (κ1) is 21.7. The van der Waals surface area contributed by atoms with Gasteiger partial charge in [-0.3, -0.25) is 4.90 Å². The number of carbonyl (C=O) groups is 2. The summed E-state index contributed by atoms with van der Waals surface area (Å²) in [6, 6.07) is 1.39. The molecule has 1 aliphatic heterocycles. The summed E-state index contributed by atoms with van der Waals surface area (Å²) in [6.45, 7) is 2.46. The summed E-state index contributed by atoms with van der Waals surface area (Å²) in [5, 5.41) is 2.57. The minimum atomic E-state index is -3.10. The highest BCUT2D eigenvalue weighted by Gasteiger charge is 2.36. The molecule has 7 nitrogen and oxygen atoms in total. The van der Waals surface area contributed by atoms with Gasteiger partial charge in [-0.2, -0.15) is 8.78 Å². The molecule has 1 heterocycles. The number of rotatable bonds is 7. The van der Waals surface area contributed by atoms with Crippen LogP contribution in [0.2, 0.25) is 5.02 Å². The predicted molar refractivity (Wildman–Crippen MR) is 97.6 cm³/mol. The maximum absolute atomic E-state index is 12.6. The van der Waals surface area contributed by atoms with E-state index in [2.05, 4.69) is 10.1 Å². The Morgan fingerprint density at radius 3 is 2.57 bits per heavy atom. The highest BCUT2D eigenvalue weighted by Crippen LogP contribution is 2.41. The van der Waals surface area contributed by atoms with Crippen LogP contribution in [-0.4, -0.2) is 43.8 Å². The van der Waals surface area contributed by atoms with Crippen molar-refractivity contribution in [3.63, 3.8) is 0 Å². The van der Waals surface area contributed by atoms with Gasteiger partial charge in [0.1, 0.15) is 0 Å². The van der Waals surface area contributed by atoms with E-state index in [4.69, 9.17) is 21.1 Å². The number of hydrogen-bond acceptors (Lipinski definition) is 5. The van der Waals surface area contributed by atoms with E-state index in [0.29, 0.717) is 17.8 Å². The third-order valence-corrected chi connectivity index (χ3v) is 4.48. The van der Waals surface area contributed by atoms with Crippen LogP contribution in [-0.2, 0) is 9.53 Å². The third kappa shape index (κ3) is 4.30. The molecule has 2 rings (SSSR count). The number of halogens is 3. The lowest BCUT2D eigenvalue weighted by Crippen LogP contribution is -2.47. The lowest BCUT2D eigenvalue weighted by Gasteiger charge is -2.35. The molecule has 10 heteroatoms. The summed E-state index contributed by atoms with van der Waals surface area (Å²) >= 11 is 6.10. The molecular weight excluding hydrogens is 398 g/mol. The van der Waals surface area contributed by atoms with Crippen LogP contribution in [0, 0.1) is 0 Å². The smallest absolute Gasteiger partial charge is 0.387 e. The zero-order valence-corrected chi connectivity index (χ0v) is 16.6. The van der Waals surface area contributed by atoms with Gasteiger partial charge < -0.3 is 19.5 Å². The quantitative estimate of drug-likeness (QED) is 0.680. The van der Waals surface area contributed by atoms with Gasteiger partial charge in [-0.15, -0.1) is 0 Å². The van der Waals surface area contributed by atoms with Gasteiger partial charge in [0.05, 0.1) is 30.4 Å². The minimum Gasteiger partial charge on any atom is -0.493 e. The van der Waals surface area contributed by atoms with E-state index >= 15 is 0 Å². The number of amides is 2. The van der Waals surface area contributed by atoms with Crippen LogP contribution in [0.5, 0.6) is 11.5 Å². The molecule has 0 saturated heterocycles. The summed E-state index contributed by atoms with van der Waals surface area (Å²) in [7, 11) is 1.26. The molecule has 2 amide bonds. The first-order valence-electron chi connectivity index (χ1n) is 8.53. The number of methoxy groups -OCH3 is 1. The zero-order valence-electron chi connectivity index (χ0n) is 15.8. The fourth-order valence-corrected chi connectivity index (χ4v) is 3.26. The van der Waals surface area contributed by atoms with E-state index in [1.807, 2.05) is 0 Å². The SMILES string of the molecule is CCOC(=O)C1=C(C)N(CC)C(=O)N[C@H]1c1cc(Cl)c(OC(F)F)c(OC)c1. The first-order valence-corrected chi connectivity index (χ1v) is 8.91. The standard InChI is InChI=1S/C18H21ClF2N2O5/c1-5-23-9(3)13(16(24)27-6-2)14(22-18(23)25)10-7-11(19)15(28-17(20)21)12(8-10)26-4/h7-8,14,17H,5-6H2,1-4H3,(H,22,25)/t14-/m0/s1. The van der Waals surface area contributed by atoms with Crippen LogP contribution in [0.3, 0.4) is 0 Å². The highest BCUT2D eigenvalue weighted by atomic mass is 35.5. The molecule has 1 aromatic carbocycles. The Labute approximate surface area is 166 Å². The van der Waals surface area contributed by atoms with Crippen molar-refractivity contribution >= 4 is 23.6 Å². The number of allylic oxidation sites excluding steroid dienone is 1. The van der Waals surface area contributed by atoms with E-state index in [9.17, 15) is 18.4 Å². The van der Waals surface area contributed by atoms with E-state index in [1.165, 1.54) is 24.1 Å². The fraction of sp³-hybridized carbons (Fsp3) is 0.444. The largest absolute Gasteiger partial charge is 0.493 e. The molecule has 0 bridgehead atoms.